The fourth-order valence-corrected chi connectivity index (χ4v) is 0.598. The molecule has 0 amide bonds. The minimum Gasteiger partial charge on any atom is -0.462 e. The van der Waals surface area contributed by atoms with Crippen LogP contribution < -0.4 is 5.73 Å². The Balaban J connectivity index is 3.41. The number of ether oxygens (including phenoxy) is 1. The molecule has 0 bridgehead atoms. The number of hydrogen-bond donors (Lipinski definition) is 1. The van der Waals surface area contributed by atoms with E-state index in [1.54, 1.807) is 6.92 Å². The molecule has 0 fully saturated rings. The lowest BCUT2D eigenvalue weighted by Gasteiger charge is -2.01. The van der Waals surface area contributed by atoms with E-state index in [9.17, 15) is 14.9 Å². The van der Waals surface area contributed by atoms with Crippen molar-refractivity contribution < 1.29 is 19.5 Å². The summed E-state index contributed by atoms with van der Waals surface area (Å²) in [7, 11) is 0. The maximum Gasteiger partial charge on any atom is 0.332 e. The van der Waals surface area contributed by atoms with E-state index >= 15 is 0 Å². The fraction of sp³-hybridized carbons (Fsp3) is 0.571. The van der Waals surface area contributed by atoms with E-state index in [4.69, 9.17) is 5.73 Å². The summed E-state index contributed by atoms with van der Waals surface area (Å²) in [5.41, 5.74) is 5.55. The molecule has 0 aliphatic carbocycles. The molecule has 0 saturated carbocycles. The average molecular weight is 204 g/mol. The molecule has 0 rings (SSSR count). The second kappa shape index (κ2) is 6.70. The van der Waals surface area contributed by atoms with Crippen LogP contribution in [0.4, 0.5) is 0 Å². The van der Waals surface area contributed by atoms with Crippen molar-refractivity contribution in [3.05, 3.63) is 21.9 Å². The first-order chi connectivity index (χ1) is 6.52. The highest BCUT2D eigenvalue weighted by Gasteiger charge is 1.99. The van der Waals surface area contributed by atoms with Crippen LogP contribution in [0.5, 0.6) is 0 Å². The smallest absolute Gasteiger partial charge is 0.332 e. The number of allylic oxidation sites excluding steroid dienone is 1. The third-order valence-corrected chi connectivity index (χ3v) is 1.08. The zero-order valence-electron chi connectivity index (χ0n) is 7.76. The molecule has 0 aromatic heterocycles. The van der Waals surface area contributed by atoms with Crippen LogP contribution in [0.1, 0.15) is 13.3 Å². The molecular formula is C7H12N2O5. The van der Waals surface area contributed by atoms with Crippen LogP contribution in [0.3, 0.4) is 0 Å². The first-order valence-electron chi connectivity index (χ1n) is 3.90. The topological polar surface area (TPSA) is 105 Å². The van der Waals surface area contributed by atoms with Gasteiger partial charge in [-0.25, -0.2) is 4.79 Å². The van der Waals surface area contributed by atoms with Gasteiger partial charge in [-0.2, -0.15) is 0 Å². The summed E-state index contributed by atoms with van der Waals surface area (Å²) >= 11 is 0. The van der Waals surface area contributed by atoms with Crippen molar-refractivity contribution in [1.29, 1.82) is 0 Å². The summed E-state index contributed by atoms with van der Waals surface area (Å²) in [6.07, 6.45) is 1.40. The van der Waals surface area contributed by atoms with Gasteiger partial charge >= 0.3 is 5.97 Å². The number of hydrogen-bond acceptors (Lipinski definition) is 6. The Morgan fingerprint density at radius 2 is 2.21 bits per heavy atom. The molecule has 80 valence electrons. The van der Waals surface area contributed by atoms with Crippen molar-refractivity contribution in [3.8, 4) is 0 Å². The van der Waals surface area contributed by atoms with Gasteiger partial charge in [-0.1, -0.05) is 0 Å². The van der Waals surface area contributed by atoms with Gasteiger partial charge in [0.25, 0.3) is 5.09 Å². The SMILES string of the molecule is C/C(N)=C/C(=O)OCCCO[N+](=O)[O-]. The van der Waals surface area contributed by atoms with Gasteiger partial charge in [0.1, 0.15) is 0 Å². The molecular weight excluding hydrogens is 192 g/mol. The molecule has 7 heteroatoms. The van der Waals surface area contributed by atoms with Crippen LogP contribution in [0.25, 0.3) is 0 Å². The molecule has 0 aromatic carbocycles. The van der Waals surface area contributed by atoms with E-state index in [2.05, 4.69) is 9.57 Å². The van der Waals surface area contributed by atoms with Crippen molar-refractivity contribution in [2.75, 3.05) is 13.2 Å². The third kappa shape index (κ3) is 8.31. The second-order valence-electron chi connectivity index (χ2n) is 2.47. The molecule has 0 aliphatic rings. The Bertz CT molecular complexity index is 234. The zero-order valence-corrected chi connectivity index (χ0v) is 7.76. The first kappa shape index (κ1) is 12.2. The standard InChI is InChI=1S/C7H12N2O5/c1-6(8)5-7(10)13-3-2-4-14-9(11)12/h5H,2-4,8H2,1H3/b6-5-. The monoisotopic (exact) mass is 204 g/mol. The summed E-state index contributed by atoms with van der Waals surface area (Å²) in [5.74, 6) is -0.564. The predicted molar refractivity (Wildman–Crippen MR) is 46.5 cm³/mol. The van der Waals surface area contributed by atoms with E-state index in [1.807, 2.05) is 0 Å². The van der Waals surface area contributed by atoms with Crippen molar-refractivity contribution in [2.45, 2.75) is 13.3 Å². The fourth-order valence-electron chi connectivity index (χ4n) is 0.598. The zero-order chi connectivity index (χ0) is 11.0. The number of nitrogens with two attached hydrogens (primary N) is 1. The molecule has 0 atom stereocenters. The lowest BCUT2D eigenvalue weighted by atomic mass is 10.4. The van der Waals surface area contributed by atoms with Gasteiger partial charge in [0.05, 0.1) is 13.2 Å². The predicted octanol–water partition coefficient (Wildman–Crippen LogP) is -0.00950. The molecule has 2 N–H and O–H groups in total. The van der Waals surface area contributed by atoms with Gasteiger partial charge < -0.3 is 15.3 Å². The average Bonchev–Trinajstić information content (AvgIpc) is 2.01. The van der Waals surface area contributed by atoms with Crippen molar-refractivity contribution >= 4 is 5.97 Å². The van der Waals surface area contributed by atoms with Crippen LogP contribution in [0.15, 0.2) is 11.8 Å². The lowest BCUT2D eigenvalue weighted by Crippen LogP contribution is -2.09. The molecule has 0 spiro atoms. The number of rotatable bonds is 6. The normalized spacial score (nSPS) is 10.8. The molecule has 0 aromatic rings. The minimum absolute atomic E-state index is 0.0659. The molecule has 14 heavy (non-hydrogen) atoms. The van der Waals surface area contributed by atoms with E-state index in [0.717, 1.165) is 6.08 Å². The molecule has 0 heterocycles. The molecule has 0 saturated heterocycles. The number of carbonyl (C=O) groups excluding carboxylic acids is 1. The van der Waals surface area contributed by atoms with Crippen molar-refractivity contribution in [1.82, 2.24) is 0 Å². The van der Waals surface area contributed by atoms with E-state index < -0.39 is 11.1 Å². The summed E-state index contributed by atoms with van der Waals surface area (Å²) in [4.78, 5) is 24.5. The highest BCUT2D eigenvalue weighted by Crippen LogP contribution is 1.89. The van der Waals surface area contributed by atoms with Crippen LogP contribution in [0, 0.1) is 10.1 Å². The number of nitrogens with zero attached hydrogens (tertiary/aromatic N) is 1. The van der Waals surface area contributed by atoms with Crippen molar-refractivity contribution in [3.63, 3.8) is 0 Å². The van der Waals surface area contributed by atoms with Crippen molar-refractivity contribution in [2.24, 2.45) is 5.73 Å². The number of carbonyl (C=O) groups is 1. The van der Waals surface area contributed by atoms with E-state index in [0.29, 0.717) is 5.70 Å². The van der Waals surface area contributed by atoms with E-state index in [-0.39, 0.29) is 19.6 Å². The Labute approximate surface area is 80.6 Å². The van der Waals surface area contributed by atoms with E-state index in [1.165, 1.54) is 0 Å². The largest absolute Gasteiger partial charge is 0.462 e. The highest BCUT2D eigenvalue weighted by molar-refractivity contribution is 5.82. The summed E-state index contributed by atoms with van der Waals surface area (Å²) in [5, 5.41) is 8.79. The lowest BCUT2D eigenvalue weighted by molar-refractivity contribution is -0.757. The molecule has 0 unspecified atom stereocenters. The third-order valence-electron chi connectivity index (χ3n) is 1.08. The van der Waals surface area contributed by atoms with Crippen LogP contribution in [-0.2, 0) is 14.4 Å². The Morgan fingerprint density at radius 3 is 2.71 bits per heavy atom. The second-order valence-corrected chi connectivity index (χ2v) is 2.47. The highest BCUT2D eigenvalue weighted by atomic mass is 16.9. The van der Waals surface area contributed by atoms with Gasteiger partial charge in [0.2, 0.25) is 0 Å². The number of esters is 1. The Morgan fingerprint density at radius 1 is 1.57 bits per heavy atom. The van der Waals surface area contributed by atoms with Gasteiger partial charge in [0, 0.05) is 18.2 Å². The summed E-state index contributed by atoms with van der Waals surface area (Å²) < 4.78 is 4.64. The van der Waals surface area contributed by atoms with Gasteiger partial charge in [-0.3, -0.25) is 0 Å². The molecule has 7 nitrogen and oxygen atoms in total. The molecule has 0 radical (unpaired) electrons. The first-order valence-corrected chi connectivity index (χ1v) is 3.90. The van der Waals surface area contributed by atoms with Crippen LogP contribution >= 0.6 is 0 Å². The summed E-state index contributed by atoms with van der Waals surface area (Å²) in [6, 6.07) is 0. The van der Waals surface area contributed by atoms with Crippen LogP contribution in [-0.4, -0.2) is 24.3 Å². The van der Waals surface area contributed by atoms with Gasteiger partial charge in [0.15, 0.2) is 0 Å². The van der Waals surface area contributed by atoms with Crippen LogP contribution in [0.2, 0.25) is 0 Å². The Kier molecular flexibility index (Phi) is 5.84. The maximum atomic E-state index is 10.8. The minimum atomic E-state index is -0.897. The summed E-state index contributed by atoms with van der Waals surface area (Å²) in [6.45, 7) is 1.53. The molecule has 0 aliphatic heterocycles. The van der Waals surface area contributed by atoms with Gasteiger partial charge in [-0.15, -0.1) is 10.1 Å². The maximum absolute atomic E-state index is 10.8. The van der Waals surface area contributed by atoms with Gasteiger partial charge in [-0.05, 0) is 6.92 Å². The Hall–Kier alpha value is -1.79. The quantitative estimate of drug-likeness (QED) is 0.214.